The highest BCUT2D eigenvalue weighted by molar-refractivity contribution is 5.88. The molecular formula is C25H30O3. The first kappa shape index (κ1) is 20.2. The molecular weight excluding hydrogens is 348 g/mol. The van der Waals surface area contributed by atoms with Crippen molar-refractivity contribution < 1.29 is 9.15 Å². The summed E-state index contributed by atoms with van der Waals surface area (Å²) in [4.78, 5) is 12.8. The SMILES string of the molecule is C=C[C@@]1(C)C[C@@H](/C=C(/C)CCC=C(C)C)Oc2c1c(=O)oc1cccc(C)c21. The molecule has 3 heteroatoms. The zero-order valence-electron chi connectivity index (χ0n) is 17.6. The Balaban J connectivity index is 2.07. The number of rotatable bonds is 5. The van der Waals surface area contributed by atoms with Crippen molar-refractivity contribution in [3.63, 3.8) is 0 Å². The van der Waals surface area contributed by atoms with Crippen LogP contribution in [0.1, 0.15) is 58.1 Å². The quantitative estimate of drug-likeness (QED) is 0.447. The van der Waals surface area contributed by atoms with E-state index >= 15 is 0 Å². The highest BCUT2D eigenvalue weighted by Crippen LogP contribution is 2.44. The van der Waals surface area contributed by atoms with Gasteiger partial charge in [0.1, 0.15) is 17.4 Å². The Labute approximate surface area is 167 Å². The van der Waals surface area contributed by atoms with Crippen molar-refractivity contribution in [2.45, 2.75) is 65.4 Å². The van der Waals surface area contributed by atoms with Crippen LogP contribution in [-0.4, -0.2) is 6.10 Å². The molecule has 0 saturated carbocycles. The van der Waals surface area contributed by atoms with Crippen LogP contribution in [0, 0.1) is 6.92 Å². The maximum atomic E-state index is 12.8. The molecule has 1 aromatic carbocycles. The van der Waals surface area contributed by atoms with Crippen molar-refractivity contribution in [2.75, 3.05) is 0 Å². The Kier molecular flexibility index (Phi) is 5.64. The van der Waals surface area contributed by atoms with Crippen LogP contribution >= 0.6 is 0 Å². The van der Waals surface area contributed by atoms with Gasteiger partial charge in [0.2, 0.25) is 0 Å². The molecule has 2 aromatic rings. The number of benzene rings is 1. The van der Waals surface area contributed by atoms with Gasteiger partial charge in [0.05, 0.1) is 10.9 Å². The minimum Gasteiger partial charge on any atom is -0.485 e. The van der Waals surface area contributed by atoms with E-state index in [0.717, 1.165) is 23.8 Å². The Hall–Kier alpha value is -2.55. The molecule has 0 fully saturated rings. The molecule has 148 valence electrons. The lowest BCUT2D eigenvalue weighted by Crippen LogP contribution is -2.38. The summed E-state index contributed by atoms with van der Waals surface area (Å²) in [6.07, 6.45) is 8.90. The van der Waals surface area contributed by atoms with E-state index in [0.29, 0.717) is 23.3 Å². The second-order valence-corrected chi connectivity index (χ2v) is 8.36. The molecule has 0 spiro atoms. The molecule has 2 heterocycles. The highest BCUT2D eigenvalue weighted by Gasteiger charge is 2.39. The Morgan fingerprint density at radius 3 is 2.75 bits per heavy atom. The predicted octanol–water partition coefficient (Wildman–Crippen LogP) is 6.39. The van der Waals surface area contributed by atoms with Crippen molar-refractivity contribution >= 4 is 11.0 Å². The first-order valence-corrected chi connectivity index (χ1v) is 9.93. The smallest absolute Gasteiger partial charge is 0.344 e. The largest absolute Gasteiger partial charge is 0.485 e. The lowest BCUT2D eigenvalue weighted by atomic mass is 9.75. The second kappa shape index (κ2) is 7.83. The van der Waals surface area contributed by atoms with Gasteiger partial charge in [-0.15, -0.1) is 6.58 Å². The van der Waals surface area contributed by atoms with Crippen LogP contribution in [0.2, 0.25) is 0 Å². The van der Waals surface area contributed by atoms with E-state index in [1.165, 1.54) is 11.1 Å². The molecule has 1 aliphatic heterocycles. The van der Waals surface area contributed by atoms with E-state index in [-0.39, 0.29) is 11.7 Å². The molecule has 3 nitrogen and oxygen atoms in total. The third kappa shape index (κ3) is 3.84. The van der Waals surface area contributed by atoms with Gasteiger partial charge in [-0.25, -0.2) is 4.79 Å². The third-order valence-electron chi connectivity index (χ3n) is 5.57. The highest BCUT2D eigenvalue weighted by atomic mass is 16.5. The van der Waals surface area contributed by atoms with Gasteiger partial charge < -0.3 is 9.15 Å². The van der Waals surface area contributed by atoms with Crippen molar-refractivity contribution in [1.29, 1.82) is 0 Å². The van der Waals surface area contributed by atoms with E-state index < -0.39 is 5.41 Å². The number of ether oxygens (including phenoxy) is 1. The van der Waals surface area contributed by atoms with Crippen molar-refractivity contribution in [1.82, 2.24) is 0 Å². The fourth-order valence-electron chi connectivity index (χ4n) is 3.98. The molecule has 0 bridgehead atoms. The van der Waals surface area contributed by atoms with Gasteiger partial charge >= 0.3 is 5.63 Å². The lowest BCUT2D eigenvalue weighted by molar-refractivity contribution is 0.181. The van der Waals surface area contributed by atoms with Crippen LogP contribution in [0.25, 0.3) is 11.0 Å². The number of fused-ring (bicyclic) bond motifs is 3. The van der Waals surface area contributed by atoms with Crippen LogP contribution in [0.5, 0.6) is 5.75 Å². The fraction of sp³-hybridized carbons (Fsp3) is 0.400. The van der Waals surface area contributed by atoms with E-state index in [2.05, 4.69) is 39.5 Å². The Morgan fingerprint density at radius 1 is 1.32 bits per heavy atom. The first-order chi connectivity index (χ1) is 13.2. The maximum Gasteiger partial charge on any atom is 0.344 e. The van der Waals surface area contributed by atoms with Gasteiger partial charge in [0.15, 0.2) is 0 Å². The number of allylic oxidation sites excluding steroid dienone is 4. The molecule has 1 aliphatic rings. The number of hydrogen-bond acceptors (Lipinski definition) is 3. The number of hydrogen-bond donors (Lipinski definition) is 0. The zero-order chi connectivity index (χ0) is 20.5. The van der Waals surface area contributed by atoms with Gasteiger partial charge in [-0.1, -0.05) is 42.4 Å². The summed E-state index contributed by atoms with van der Waals surface area (Å²) in [7, 11) is 0. The number of aryl methyl sites for hydroxylation is 1. The monoisotopic (exact) mass is 378 g/mol. The van der Waals surface area contributed by atoms with Gasteiger partial charge in [-0.3, -0.25) is 0 Å². The topological polar surface area (TPSA) is 39.4 Å². The summed E-state index contributed by atoms with van der Waals surface area (Å²) in [6, 6.07) is 5.73. The fourth-order valence-corrected chi connectivity index (χ4v) is 3.98. The van der Waals surface area contributed by atoms with E-state index in [1.54, 1.807) is 0 Å². The van der Waals surface area contributed by atoms with Crippen LogP contribution < -0.4 is 10.4 Å². The van der Waals surface area contributed by atoms with Gasteiger partial charge in [0, 0.05) is 11.8 Å². The summed E-state index contributed by atoms with van der Waals surface area (Å²) in [5.41, 5.74) is 3.99. The summed E-state index contributed by atoms with van der Waals surface area (Å²) in [5, 5.41) is 0.880. The predicted molar refractivity (Wildman–Crippen MR) is 116 cm³/mol. The molecule has 0 unspecified atom stereocenters. The van der Waals surface area contributed by atoms with Gasteiger partial charge in [-0.05, 0) is 58.2 Å². The van der Waals surface area contributed by atoms with E-state index in [1.807, 2.05) is 38.1 Å². The maximum absolute atomic E-state index is 12.8. The molecule has 0 amide bonds. The van der Waals surface area contributed by atoms with Crippen molar-refractivity contribution in [3.05, 3.63) is 75.7 Å². The molecule has 0 aliphatic carbocycles. The molecule has 1 aromatic heterocycles. The van der Waals surface area contributed by atoms with Crippen molar-refractivity contribution in [3.8, 4) is 5.75 Å². The average Bonchev–Trinajstić information content (AvgIpc) is 2.60. The van der Waals surface area contributed by atoms with Crippen LogP contribution in [-0.2, 0) is 5.41 Å². The minimum absolute atomic E-state index is 0.105. The van der Waals surface area contributed by atoms with Crippen LogP contribution in [0.15, 0.2) is 63.4 Å². The average molecular weight is 379 g/mol. The molecule has 3 rings (SSSR count). The summed E-state index contributed by atoms with van der Waals surface area (Å²) in [6.45, 7) is 14.5. The lowest BCUT2D eigenvalue weighted by Gasteiger charge is -2.36. The third-order valence-corrected chi connectivity index (χ3v) is 5.57. The van der Waals surface area contributed by atoms with Gasteiger partial charge in [0.25, 0.3) is 0 Å². The normalized spacial score (nSPS) is 21.8. The molecule has 0 saturated heterocycles. The standard InChI is InChI=1S/C25H30O3/c1-7-25(6)15-19(14-17(4)11-8-10-16(2)3)27-23-21-18(5)12-9-13-20(21)28-24(26)22(23)25/h7,9-10,12-14,19H,1,8,11,15H2,2-6H3/b17-14-/t19-,25+/m1/s1. The van der Waals surface area contributed by atoms with Crippen LogP contribution in [0.4, 0.5) is 0 Å². The first-order valence-electron chi connectivity index (χ1n) is 9.93. The molecule has 2 atom stereocenters. The molecule has 0 N–H and O–H groups in total. The molecule has 0 radical (unpaired) electrons. The summed E-state index contributed by atoms with van der Waals surface area (Å²) < 4.78 is 12.0. The second-order valence-electron chi connectivity index (χ2n) is 8.36. The van der Waals surface area contributed by atoms with Crippen LogP contribution in [0.3, 0.4) is 0 Å². The zero-order valence-corrected chi connectivity index (χ0v) is 17.6. The minimum atomic E-state index is -0.494. The molecule has 28 heavy (non-hydrogen) atoms. The Morgan fingerprint density at radius 2 is 2.07 bits per heavy atom. The van der Waals surface area contributed by atoms with Crippen molar-refractivity contribution in [2.24, 2.45) is 0 Å². The van der Waals surface area contributed by atoms with Gasteiger partial charge in [-0.2, -0.15) is 0 Å². The summed E-state index contributed by atoms with van der Waals surface area (Å²) in [5.74, 6) is 0.649. The summed E-state index contributed by atoms with van der Waals surface area (Å²) >= 11 is 0. The Bertz CT molecular complexity index is 1020. The van der Waals surface area contributed by atoms with E-state index in [9.17, 15) is 4.79 Å². The van der Waals surface area contributed by atoms with E-state index in [4.69, 9.17) is 9.15 Å².